The lowest BCUT2D eigenvalue weighted by atomic mass is 9.87. The molecule has 0 saturated carbocycles. The Morgan fingerprint density at radius 1 is 1.08 bits per heavy atom. The van der Waals surface area contributed by atoms with Gasteiger partial charge < -0.3 is 5.32 Å². The fourth-order valence-corrected chi connectivity index (χ4v) is 3.93. The first-order valence-electron chi connectivity index (χ1n) is 8.26. The zero-order chi connectivity index (χ0) is 19.5. The van der Waals surface area contributed by atoms with Gasteiger partial charge in [-0.3, -0.25) is 4.79 Å². The van der Waals surface area contributed by atoms with Crippen LogP contribution in [0.4, 0.5) is 5.69 Å². The highest BCUT2D eigenvalue weighted by Crippen LogP contribution is 2.28. The lowest BCUT2D eigenvalue weighted by molar-refractivity contribution is -0.118. The first kappa shape index (κ1) is 20.4. The van der Waals surface area contributed by atoms with Crippen molar-refractivity contribution in [2.45, 2.75) is 31.6 Å². The Hall–Kier alpha value is -1.89. The van der Waals surface area contributed by atoms with Crippen molar-refractivity contribution in [1.29, 1.82) is 0 Å². The topological polar surface area (TPSA) is 75.3 Å². The normalized spacial score (nSPS) is 12.8. The molecule has 0 aliphatic rings. The minimum Gasteiger partial charge on any atom is -0.326 e. The van der Waals surface area contributed by atoms with Crippen LogP contribution < -0.4 is 10.0 Å². The van der Waals surface area contributed by atoms with Crippen LogP contribution in [0.1, 0.15) is 30.9 Å². The number of carbonyl (C=O) groups excluding carboxylic acids is 1. The fourth-order valence-electron chi connectivity index (χ4n) is 2.81. The van der Waals surface area contributed by atoms with E-state index in [-0.39, 0.29) is 22.6 Å². The highest BCUT2D eigenvalue weighted by atomic mass is 35.5. The van der Waals surface area contributed by atoms with Crippen molar-refractivity contribution in [1.82, 2.24) is 4.72 Å². The molecule has 0 spiro atoms. The van der Waals surface area contributed by atoms with Crippen molar-refractivity contribution in [2.24, 2.45) is 5.92 Å². The van der Waals surface area contributed by atoms with Gasteiger partial charge in [0.2, 0.25) is 15.9 Å². The minimum atomic E-state index is -3.60. The van der Waals surface area contributed by atoms with Crippen LogP contribution in [0.2, 0.25) is 5.02 Å². The summed E-state index contributed by atoms with van der Waals surface area (Å²) in [5.74, 6) is -0.515. The number of benzene rings is 2. The van der Waals surface area contributed by atoms with Crippen LogP contribution in [0.15, 0.2) is 47.4 Å². The number of nitrogens with one attached hydrogen (secondary N) is 2. The number of sulfonamides is 1. The van der Waals surface area contributed by atoms with Crippen molar-refractivity contribution < 1.29 is 13.2 Å². The fraction of sp³-hybridized carbons (Fsp3) is 0.316. The second-order valence-corrected chi connectivity index (χ2v) is 8.74. The second kappa shape index (κ2) is 8.20. The molecule has 1 amide bonds. The van der Waals surface area contributed by atoms with Crippen LogP contribution >= 0.6 is 11.6 Å². The second-order valence-electron chi connectivity index (χ2n) is 6.45. The van der Waals surface area contributed by atoms with Crippen LogP contribution in [0.3, 0.4) is 0 Å². The van der Waals surface area contributed by atoms with Gasteiger partial charge in [-0.15, -0.1) is 0 Å². The Labute approximate surface area is 159 Å². The number of rotatable bonds is 6. The van der Waals surface area contributed by atoms with Gasteiger partial charge in [-0.25, -0.2) is 13.1 Å². The van der Waals surface area contributed by atoms with E-state index in [9.17, 15) is 13.2 Å². The van der Waals surface area contributed by atoms with E-state index in [1.165, 1.54) is 13.1 Å². The van der Waals surface area contributed by atoms with Crippen molar-refractivity contribution in [3.8, 4) is 0 Å². The molecule has 0 aliphatic heterocycles. The van der Waals surface area contributed by atoms with E-state index in [2.05, 4.69) is 10.0 Å². The molecule has 0 fully saturated rings. The quantitative estimate of drug-likeness (QED) is 0.779. The molecule has 0 radical (unpaired) electrons. The first-order chi connectivity index (χ1) is 12.2. The van der Waals surface area contributed by atoms with Gasteiger partial charge in [0.05, 0.1) is 10.8 Å². The van der Waals surface area contributed by atoms with Crippen LogP contribution in [0.25, 0.3) is 0 Å². The molecule has 0 saturated heterocycles. The summed E-state index contributed by atoms with van der Waals surface area (Å²) in [7, 11) is -2.24. The summed E-state index contributed by atoms with van der Waals surface area (Å²) in [6, 6.07) is 12.0. The Bertz CT molecular complexity index is 894. The molecular formula is C19H23ClN2O3S. The van der Waals surface area contributed by atoms with Gasteiger partial charge in [0.25, 0.3) is 0 Å². The van der Waals surface area contributed by atoms with Gasteiger partial charge >= 0.3 is 0 Å². The Balaban J connectivity index is 2.33. The number of hydrogen-bond acceptors (Lipinski definition) is 3. The van der Waals surface area contributed by atoms with E-state index in [0.29, 0.717) is 16.3 Å². The molecule has 0 bridgehead atoms. The van der Waals surface area contributed by atoms with E-state index in [1.54, 1.807) is 31.2 Å². The predicted octanol–water partition coefficient (Wildman–Crippen LogP) is 3.93. The third-order valence-corrected chi connectivity index (χ3v) is 6.00. The SMILES string of the molecule is CNS(=O)(=O)c1cc(NC(=O)[C@@H](c2ccc(Cl)cc2)C(C)C)ccc1C. The summed E-state index contributed by atoms with van der Waals surface area (Å²) in [6.45, 7) is 5.64. The van der Waals surface area contributed by atoms with Gasteiger partial charge in [0.15, 0.2) is 0 Å². The zero-order valence-corrected chi connectivity index (χ0v) is 16.8. The summed E-state index contributed by atoms with van der Waals surface area (Å²) in [5.41, 5.74) is 1.90. The number of halogens is 1. The van der Waals surface area contributed by atoms with Crippen LogP contribution in [-0.4, -0.2) is 21.4 Å². The monoisotopic (exact) mass is 394 g/mol. The van der Waals surface area contributed by atoms with Gasteiger partial charge in [0.1, 0.15) is 0 Å². The Morgan fingerprint density at radius 2 is 1.69 bits per heavy atom. The lowest BCUT2D eigenvalue weighted by Crippen LogP contribution is -2.25. The summed E-state index contributed by atoms with van der Waals surface area (Å²) in [6.07, 6.45) is 0. The third-order valence-electron chi connectivity index (χ3n) is 4.19. The average molecular weight is 395 g/mol. The molecule has 2 rings (SSSR count). The van der Waals surface area contributed by atoms with Crippen LogP contribution in [-0.2, 0) is 14.8 Å². The molecule has 2 N–H and O–H groups in total. The highest BCUT2D eigenvalue weighted by Gasteiger charge is 2.25. The van der Waals surface area contributed by atoms with E-state index < -0.39 is 10.0 Å². The maximum Gasteiger partial charge on any atom is 0.240 e. The summed E-state index contributed by atoms with van der Waals surface area (Å²) < 4.78 is 26.5. The molecular weight excluding hydrogens is 372 g/mol. The number of carbonyl (C=O) groups is 1. The zero-order valence-electron chi connectivity index (χ0n) is 15.2. The van der Waals surface area contributed by atoms with Crippen molar-refractivity contribution in [3.63, 3.8) is 0 Å². The van der Waals surface area contributed by atoms with Crippen molar-refractivity contribution in [2.75, 3.05) is 12.4 Å². The van der Waals surface area contributed by atoms with Gasteiger partial charge in [-0.05, 0) is 55.3 Å². The highest BCUT2D eigenvalue weighted by molar-refractivity contribution is 7.89. The number of aryl methyl sites for hydroxylation is 1. The van der Waals surface area contributed by atoms with E-state index in [4.69, 9.17) is 11.6 Å². The van der Waals surface area contributed by atoms with E-state index in [0.717, 1.165) is 5.56 Å². The molecule has 0 aliphatic carbocycles. The maximum absolute atomic E-state index is 12.8. The molecule has 26 heavy (non-hydrogen) atoms. The standard InChI is InChI=1S/C19H23ClN2O3S/c1-12(2)18(14-6-8-15(20)9-7-14)19(23)22-16-10-5-13(3)17(11-16)26(24,25)21-4/h5-12,18,21H,1-4H3,(H,22,23)/t18-/m1/s1. The molecule has 0 aromatic heterocycles. The van der Waals surface area contributed by atoms with Gasteiger partial charge in [-0.2, -0.15) is 0 Å². The Morgan fingerprint density at radius 3 is 2.23 bits per heavy atom. The molecule has 5 nitrogen and oxygen atoms in total. The van der Waals surface area contributed by atoms with Gasteiger partial charge in [0, 0.05) is 10.7 Å². The first-order valence-corrected chi connectivity index (χ1v) is 10.1. The lowest BCUT2D eigenvalue weighted by Gasteiger charge is -2.21. The summed E-state index contributed by atoms with van der Waals surface area (Å²) in [5, 5.41) is 3.44. The summed E-state index contributed by atoms with van der Waals surface area (Å²) >= 11 is 5.93. The molecule has 0 heterocycles. The maximum atomic E-state index is 12.8. The molecule has 7 heteroatoms. The average Bonchev–Trinajstić information content (AvgIpc) is 2.58. The summed E-state index contributed by atoms with van der Waals surface area (Å²) in [4.78, 5) is 13.0. The number of hydrogen-bond donors (Lipinski definition) is 2. The predicted molar refractivity (Wildman–Crippen MR) is 105 cm³/mol. The smallest absolute Gasteiger partial charge is 0.240 e. The van der Waals surface area contributed by atoms with E-state index in [1.807, 2.05) is 26.0 Å². The molecule has 2 aromatic rings. The molecule has 2 aromatic carbocycles. The molecule has 140 valence electrons. The van der Waals surface area contributed by atoms with Crippen LogP contribution in [0.5, 0.6) is 0 Å². The van der Waals surface area contributed by atoms with Crippen LogP contribution in [0, 0.1) is 12.8 Å². The minimum absolute atomic E-state index is 0.0575. The largest absolute Gasteiger partial charge is 0.326 e. The Kier molecular flexibility index (Phi) is 6.44. The van der Waals surface area contributed by atoms with Crippen molar-refractivity contribution in [3.05, 3.63) is 58.6 Å². The van der Waals surface area contributed by atoms with E-state index >= 15 is 0 Å². The van der Waals surface area contributed by atoms with Gasteiger partial charge in [-0.1, -0.05) is 43.6 Å². The molecule has 1 atom stereocenters. The number of anilines is 1. The number of amides is 1. The third kappa shape index (κ3) is 4.63. The molecule has 0 unspecified atom stereocenters. The van der Waals surface area contributed by atoms with Crippen molar-refractivity contribution >= 4 is 33.2 Å².